The van der Waals surface area contributed by atoms with Crippen LogP contribution < -0.4 is 28.7 Å². The van der Waals surface area contributed by atoms with Crippen molar-refractivity contribution in [1.82, 2.24) is 0 Å². The first-order chi connectivity index (χ1) is 30.1. The van der Waals surface area contributed by atoms with Crippen LogP contribution in [0.2, 0.25) is 0 Å². The maximum Gasteiger partial charge on any atom is 0.134 e. The van der Waals surface area contributed by atoms with E-state index in [2.05, 4.69) is 240 Å². The van der Waals surface area contributed by atoms with E-state index < -0.39 is 0 Å². The highest BCUT2D eigenvalue weighted by Crippen LogP contribution is 2.53. The molecular formula is C61H88N2O4. The van der Waals surface area contributed by atoms with Crippen molar-refractivity contribution in [3.8, 4) is 34.5 Å². The number of benzene rings is 5. The third-order valence-corrected chi connectivity index (χ3v) is 11.9. The second-order valence-electron chi connectivity index (χ2n) is 25.1. The van der Waals surface area contributed by atoms with E-state index in [1.54, 1.807) is 14.2 Å². The standard InChI is InChI=1S/C34H45NO2.C26H39NO2.CH4/c1-31(2,3)28-22-16-13-18-24(28)36-26-20-15-21-27(30(26)33(7,8)9)37-25-19-14-17-23(29(25)32(4,5)6)35(22)34(10,11)12;1-24(2,3)22-18(14-12-16-20(22)28-10)27(26(7,8)9)19-15-13-17-21(29-11)23(19)25(4,5)6;/h13-21H,1-12H3;12-17H,1-11H3;1H4. The van der Waals surface area contributed by atoms with E-state index in [4.69, 9.17) is 18.9 Å². The molecule has 6 nitrogen and oxygen atoms in total. The lowest BCUT2D eigenvalue weighted by atomic mass is 9.81. The Kier molecular flexibility index (Phi) is 15.6. The Morgan fingerprint density at radius 2 is 0.657 bits per heavy atom. The minimum absolute atomic E-state index is 0. The molecule has 0 saturated heterocycles. The Balaban J connectivity index is 0.000000297. The van der Waals surface area contributed by atoms with E-state index in [0.29, 0.717) is 0 Å². The first-order valence-electron chi connectivity index (χ1n) is 23.9. The summed E-state index contributed by atoms with van der Waals surface area (Å²) in [6.07, 6.45) is 0. The van der Waals surface area contributed by atoms with Gasteiger partial charge in [-0.15, -0.1) is 0 Å². The maximum absolute atomic E-state index is 6.86. The molecule has 0 radical (unpaired) electrons. The second-order valence-corrected chi connectivity index (χ2v) is 25.1. The van der Waals surface area contributed by atoms with Gasteiger partial charge in [-0.3, -0.25) is 0 Å². The van der Waals surface area contributed by atoms with Crippen molar-refractivity contribution in [3.63, 3.8) is 0 Å². The van der Waals surface area contributed by atoms with Gasteiger partial charge in [0.05, 0.1) is 14.2 Å². The van der Waals surface area contributed by atoms with Crippen LogP contribution in [0.25, 0.3) is 0 Å². The Labute approximate surface area is 408 Å². The summed E-state index contributed by atoms with van der Waals surface area (Å²) < 4.78 is 25.3. The number of methoxy groups -OCH3 is 2. The Bertz CT molecular complexity index is 2350. The molecule has 0 unspecified atom stereocenters. The maximum atomic E-state index is 6.86. The summed E-state index contributed by atoms with van der Waals surface area (Å²) in [5.74, 6) is 5.29. The third-order valence-electron chi connectivity index (χ3n) is 11.9. The smallest absolute Gasteiger partial charge is 0.134 e. The summed E-state index contributed by atoms with van der Waals surface area (Å²) >= 11 is 0. The molecule has 1 aliphatic heterocycles. The van der Waals surface area contributed by atoms with Crippen molar-refractivity contribution in [2.45, 2.75) is 191 Å². The Morgan fingerprint density at radius 1 is 0.373 bits per heavy atom. The lowest BCUT2D eigenvalue weighted by Gasteiger charge is -2.44. The van der Waals surface area contributed by atoms with Gasteiger partial charge in [0.15, 0.2) is 0 Å². The van der Waals surface area contributed by atoms with Crippen molar-refractivity contribution in [2.75, 3.05) is 24.0 Å². The fourth-order valence-corrected chi connectivity index (χ4v) is 9.71. The first kappa shape index (κ1) is 54.5. The van der Waals surface area contributed by atoms with Crippen molar-refractivity contribution in [3.05, 3.63) is 119 Å². The second kappa shape index (κ2) is 19.1. The highest BCUT2D eigenvalue weighted by atomic mass is 16.5. The van der Waals surface area contributed by atoms with Gasteiger partial charge in [-0.2, -0.15) is 0 Å². The van der Waals surface area contributed by atoms with E-state index in [0.717, 1.165) is 51.4 Å². The predicted octanol–water partition coefficient (Wildman–Crippen LogP) is 18.3. The van der Waals surface area contributed by atoms with Gasteiger partial charge < -0.3 is 28.7 Å². The fraction of sp³-hybridized carbons (Fsp3) is 0.508. The summed E-state index contributed by atoms with van der Waals surface area (Å²) in [5.41, 5.74) is 9.53. The van der Waals surface area contributed by atoms with Crippen LogP contribution in [0.4, 0.5) is 22.7 Å². The number of ether oxygens (including phenoxy) is 4. The molecule has 5 aromatic rings. The molecule has 67 heavy (non-hydrogen) atoms. The Morgan fingerprint density at radius 3 is 0.925 bits per heavy atom. The summed E-state index contributed by atoms with van der Waals surface area (Å²) in [6, 6.07) is 31.8. The number of hydrogen-bond donors (Lipinski definition) is 0. The molecule has 0 saturated carbocycles. The zero-order chi connectivity index (χ0) is 49.7. The van der Waals surface area contributed by atoms with Gasteiger partial charge in [0.2, 0.25) is 0 Å². The van der Waals surface area contributed by atoms with Crippen LogP contribution in [-0.4, -0.2) is 25.3 Å². The lowest BCUT2D eigenvalue weighted by Crippen LogP contribution is -2.40. The lowest BCUT2D eigenvalue weighted by molar-refractivity contribution is 0.395. The average molecular weight is 913 g/mol. The molecule has 0 amide bonds. The number of anilines is 4. The molecule has 0 fully saturated rings. The average Bonchev–Trinajstić information content (AvgIpc) is 3.14. The van der Waals surface area contributed by atoms with Crippen LogP contribution in [0.5, 0.6) is 34.5 Å². The van der Waals surface area contributed by atoms with Crippen molar-refractivity contribution in [2.24, 2.45) is 0 Å². The monoisotopic (exact) mass is 913 g/mol. The van der Waals surface area contributed by atoms with Gasteiger partial charge in [-0.05, 0) is 129 Å². The Hall–Kier alpha value is -5.10. The van der Waals surface area contributed by atoms with Crippen LogP contribution in [0.15, 0.2) is 91.0 Å². The van der Waals surface area contributed by atoms with Gasteiger partial charge in [-0.25, -0.2) is 0 Å². The molecule has 1 aliphatic rings. The van der Waals surface area contributed by atoms with Crippen LogP contribution in [0, 0.1) is 0 Å². The number of nitrogens with zero attached hydrogens (tertiary/aromatic N) is 2. The highest BCUT2D eigenvalue weighted by molar-refractivity contribution is 5.78. The molecule has 0 atom stereocenters. The van der Waals surface area contributed by atoms with Gasteiger partial charge in [0, 0.05) is 61.6 Å². The fourth-order valence-electron chi connectivity index (χ4n) is 9.71. The summed E-state index contributed by atoms with van der Waals surface area (Å²) in [6.45, 7) is 47.3. The van der Waals surface area contributed by atoms with Crippen molar-refractivity contribution in [1.29, 1.82) is 0 Å². The minimum Gasteiger partial charge on any atom is -0.496 e. The van der Waals surface area contributed by atoms with Crippen LogP contribution in [0.3, 0.4) is 0 Å². The van der Waals surface area contributed by atoms with Crippen LogP contribution >= 0.6 is 0 Å². The van der Waals surface area contributed by atoms with E-state index in [-0.39, 0.29) is 45.6 Å². The van der Waals surface area contributed by atoms with Gasteiger partial charge in [-0.1, -0.05) is 142 Å². The van der Waals surface area contributed by atoms with Gasteiger partial charge in [0.25, 0.3) is 0 Å². The topological polar surface area (TPSA) is 43.4 Å². The number of rotatable bonds is 4. The third kappa shape index (κ3) is 11.6. The summed E-state index contributed by atoms with van der Waals surface area (Å²) in [7, 11) is 3.50. The molecule has 0 aliphatic carbocycles. The summed E-state index contributed by atoms with van der Waals surface area (Å²) in [4.78, 5) is 4.92. The largest absolute Gasteiger partial charge is 0.496 e. The van der Waals surface area contributed by atoms with Crippen molar-refractivity contribution < 1.29 is 18.9 Å². The molecular weight excluding hydrogens is 825 g/mol. The zero-order valence-corrected chi connectivity index (χ0v) is 45.2. The van der Waals surface area contributed by atoms with E-state index >= 15 is 0 Å². The van der Waals surface area contributed by atoms with Gasteiger partial charge in [0.1, 0.15) is 34.5 Å². The van der Waals surface area contributed by atoms with Crippen LogP contribution in [0.1, 0.15) is 181 Å². The van der Waals surface area contributed by atoms with E-state index in [1.807, 2.05) is 6.07 Å². The van der Waals surface area contributed by atoms with Crippen molar-refractivity contribution >= 4 is 22.7 Å². The molecule has 6 heteroatoms. The number of fused-ring (bicyclic) bond motifs is 6. The minimum atomic E-state index is -0.202. The molecule has 6 rings (SSSR count). The summed E-state index contributed by atoms with van der Waals surface area (Å²) in [5, 5.41) is 0. The SMILES string of the molecule is C.CC(C)(C)c1c2cccc1Oc1cccc(c1C(C)(C)C)N(C(C)(C)C)c1cccc(c1C(C)(C)C)O2.COc1cccc(N(c2cccc(OC)c2C(C)(C)C)C(C)(C)C)c1C(C)(C)C. The first-order valence-corrected chi connectivity index (χ1v) is 23.9. The van der Waals surface area contributed by atoms with E-state index in [9.17, 15) is 0 Å². The predicted molar refractivity (Wildman–Crippen MR) is 289 cm³/mol. The molecule has 1 heterocycles. The van der Waals surface area contributed by atoms with E-state index in [1.165, 1.54) is 33.6 Å². The number of hydrogen-bond acceptors (Lipinski definition) is 6. The quantitative estimate of drug-likeness (QED) is 0.179. The van der Waals surface area contributed by atoms with Gasteiger partial charge >= 0.3 is 0 Å². The molecule has 0 spiro atoms. The molecule has 6 bridgehead atoms. The molecule has 5 aromatic carbocycles. The zero-order valence-electron chi connectivity index (χ0n) is 45.2. The molecule has 366 valence electrons. The molecule has 0 aromatic heterocycles. The van der Waals surface area contributed by atoms with Crippen LogP contribution in [-0.2, 0) is 27.1 Å². The normalized spacial score (nSPS) is 13.4. The highest BCUT2D eigenvalue weighted by Gasteiger charge is 2.38. The molecule has 0 N–H and O–H groups in total.